The van der Waals surface area contributed by atoms with E-state index in [1.165, 1.54) is 4.57 Å². The molecule has 7 nitrogen and oxygen atoms in total. The molecule has 0 bridgehead atoms. The van der Waals surface area contributed by atoms with Crippen LogP contribution in [-0.2, 0) is 13.6 Å². The molecule has 0 spiro atoms. The molecule has 3 heterocycles. The Bertz CT molecular complexity index is 1200. The highest BCUT2D eigenvalue weighted by molar-refractivity contribution is 7.13. The summed E-state index contributed by atoms with van der Waals surface area (Å²) in [5, 5.41) is 11.4. The van der Waals surface area contributed by atoms with Gasteiger partial charge >= 0.3 is 5.69 Å². The molecular formula is C17H16F2N6OS. The van der Waals surface area contributed by atoms with Gasteiger partial charge in [-0.25, -0.2) is 18.1 Å². The third-order valence-electron chi connectivity index (χ3n) is 4.31. The van der Waals surface area contributed by atoms with Gasteiger partial charge in [0.15, 0.2) is 5.01 Å². The summed E-state index contributed by atoms with van der Waals surface area (Å²) in [6.45, 7) is 4.09. The number of nitrogens with zero attached hydrogens (tertiary/aromatic N) is 6. The summed E-state index contributed by atoms with van der Waals surface area (Å²) >= 11 is 0.716. The monoisotopic (exact) mass is 390 g/mol. The van der Waals surface area contributed by atoms with E-state index in [0.29, 0.717) is 28.9 Å². The minimum Gasteiger partial charge on any atom is -0.286 e. The lowest BCUT2D eigenvalue weighted by molar-refractivity contribution is 0.150. The van der Waals surface area contributed by atoms with Crippen molar-refractivity contribution < 1.29 is 8.78 Å². The molecule has 0 saturated carbocycles. The van der Waals surface area contributed by atoms with Gasteiger partial charge in [-0.15, -0.1) is 10.2 Å². The predicted octanol–water partition coefficient (Wildman–Crippen LogP) is 2.98. The second-order valence-corrected chi connectivity index (χ2v) is 7.31. The number of hydrogen-bond donors (Lipinski definition) is 0. The van der Waals surface area contributed by atoms with Gasteiger partial charge in [0.2, 0.25) is 5.13 Å². The SMILES string of the molecule is Cc1ccc2c(c1)n(-c1nnc(C(F)F)s1)c(=O)n2Cc1cc(C)nn1C. The molecule has 10 heteroatoms. The Kier molecular flexibility index (Phi) is 4.14. The average molecular weight is 390 g/mol. The van der Waals surface area contributed by atoms with Crippen LogP contribution in [0.3, 0.4) is 0 Å². The molecule has 140 valence electrons. The first-order valence-corrected chi connectivity index (χ1v) is 9.00. The van der Waals surface area contributed by atoms with Gasteiger partial charge in [0.05, 0.1) is 29.0 Å². The first kappa shape index (κ1) is 17.5. The molecule has 3 aromatic heterocycles. The van der Waals surface area contributed by atoms with E-state index in [-0.39, 0.29) is 10.8 Å². The Balaban J connectivity index is 1.93. The van der Waals surface area contributed by atoms with Crippen molar-refractivity contribution in [2.75, 3.05) is 0 Å². The van der Waals surface area contributed by atoms with Crippen LogP contribution in [0.1, 0.15) is 28.4 Å². The molecule has 4 rings (SSSR count). The Hall–Kier alpha value is -2.88. The summed E-state index contributed by atoms with van der Waals surface area (Å²) in [4.78, 5) is 13.1. The fourth-order valence-corrected chi connectivity index (χ4v) is 3.79. The molecule has 0 unspecified atom stereocenters. The van der Waals surface area contributed by atoms with Crippen LogP contribution in [0.4, 0.5) is 8.78 Å². The highest BCUT2D eigenvalue weighted by Crippen LogP contribution is 2.26. The van der Waals surface area contributed by atoms with E-state index >= 15 is 0 Å². The van der Waals surface area contributed by atoms with Crippen LogP contribution in [-0.4, -0.2) is 29.1 Å². The van der Waals surface area contributed by atoms with Crippen LogP contribution < -0.4 is 5.69 Å². The zero-order valence-electron chi connectivity index (χ0n) is 14.8. The molecule has 0 aliphatic carbocycles. The van der Waals surface area contributed by atoms with E-state index in [0.717, 1.165) is 17.0 Å². The van der Waals surface area contributed by atoms with Gasteiger partial charge in [-0.3, -0.25) is 9.25 Å². The van der Waals surface area contributed by atoms with E-state index in [9.17, 15) is 13.6 Å². The second-order valence-electron chi connectivity index (χ2n) is 6.32. The van der Waals surface area contributed by atoms with Crippen LogP contribution in [0.15, 0.2) is 29.1 Å². The lowest BCUT2D eigenvalue weighted by Gasteiger charge is -2.04. The third kappa shape index (κ3) is 2.95. The maximum atomic E-state index is 13.1. The van der Waals surface area contributed by atoms with Gasteiger partial charge in [-0.05, 0) is 37.6 Å². The lowest BCUT2D eigenvalue weighted by Crippen LogP contribution is -2.24. The maximum absolute atomic E-state index is 13.1. The van der Waals surface area contributed by atoms with Gasteiger partial charge in [-0.2, -0.15) is 5.10 Å². The summed E-state index contributed by atoms with van der Waals surface area (Å²) in [5.74, 6) is 0. The molecule has 1 aromatic carbocycles. The topological polar surface area (TPSA) is 70.5 Å². The number of fused-ring (bicyclic) bond motifs is 1. The summed E-state index contributed by atoms with van der Waals surface area (Å²) in [6, 6.07) is 7.50. The van der Waals surface area contributed by atoms with Gasteiger partial charge < -0.3 is 0 Å². The molecular weight excluding hydrogens is 374 g/mol. The number of aryl methyl sites for hydroxylation is 3. The van der Waals surface area contributed by atoms with Gasteiger partial charge in [0.1, 0.15) is 0 Å². The zero-order chi connectivity index (χ0) is 19.3. The maximum Gasteiger partial charge on any atom is 0.335 e. The molecule has 0 atom stereocenters. The first-order chi connectivity index (χ1) is 12.8. The Morgan fingerprint density at radius 2 is 1.93 bits per heavy atom. The number of aromatic nitrogens is 6. The Labute approximate surface area is 156 Å². The second kappa shape index (κ2) is 6.38. The lowest BCUT2D eigenvalue weighted by atomic mass is 10.2. The number of halogens is 2. The van der Waals surface area contributed by atoms with Crippen LogP contribution in [0.25, 0.3) is 16.2 Å². The highest BCUT2D eigenvalue weighted by Gasteiger charge is 2.21. The van der Waals surface area contributed by atoms with Crippen LogP contribution in [0.2, 0.25) is 0 Å². The molecule has 0 fully saturated rings. The van der Waals surface area contributed by atoms with Crippen LogP contribution in [0.5, 0.6) is 0 Å². The number of rotatable bonds is 4. The van der Waals surface area contributed by atoms with E-state index in [1.807, 2.05) is 45.2 Å². The minimum atomic E-state index is -2.72. The predicted molar refractivity (Wildman–Crippen MR) is 97.7 cm³/mol. The van der Waals surface area contributed by atoms with Crippen LogP contribution in [0, 0.1) is 13.8 Å². The number of benzene rings is 1. The molecule has 0 N–H and O–H groups in total. The van der Waals surface area contributed by atoms with E-state index in [1.54, 1.807) is 9.25 Å². The smallest absolute Gasteiger partial charge is 0.286 e. The number of alkyl halides is 2. The van der Waals surface area contributed by atoms with Gasteiger partial charge in [0, 0.05) is 7.05 Å². The molecule has 27 heavy (non-hydrogen) atoms. The Morgan fingerprint density at radius 1 is 1.15 bits per heavy atom. The number of imidazole rings is 1. The van der Waals surface area contributed by atoms with Crippen molar-refractivity contribution in [3.05, 3.63) is 56.7 Å². The standard InChI is InChI=1S/C17H16F2N6OS/c1-9-4-5-12-13(6-9)25(16-21-20-15(27-16)14(18)19)17(26)24(12)8-11-7-10(2)22-23(11)3/h4-7,14H,8H2,1-3H3. The first-order valence-electron chi connectivity index (χ1n) is 8.18. The molecule has 0 radical (unpaired) electrons. The average Bonchev–Trinajstić information content (AvgIpc) is 3.26. The molecule has 0 aliphatic heterocycles. The van der Waals surface area contributed by atoms with Crippen molar-refractivity contribution in [3.8, 4) is 5.13 Å². The van der Waals surface area contributed by atoms with Crippen molar-refractivity contribution in [3.63, 3.8) is 0 Å². The fraction of sp³-hybridized carbons (Fsp3) is 0.294. The van der Waals surface area contributed by atoms with E-state index < -0.39 is 11.4 Å². The normalized spacial score (nSPS) is 11.8. The summed E-state index contributed by atoms with van der Waals surface area (Å²) in [5.41, 5.74) is 3.61. The van der Waals surface area contributed by atoms with Crippen molar-refractivity contribution in [1.82, 2.24) is 29.1 Å². The van der Waals surface area contributed by atoms with Gasteiger partial charge in [-0.1, -0.05) is 17.4 Å². The quantitative estimate of drug-likeness (QED) is 0.537. The molecule has 0 saturated heterocycles. The van der Waals surface area contributed by atoms with Crippen LogP contribution >= 0.6 is 11.3 Å². The minimum absolute atomic E-state index is 0.130. The third-order valence-corrected chi connectivity index (χ3v) is 5.23. The largest absolute Gasteiger partial charge is 0.335 e. The fourth-order valence-electron chi connectivity index (χ4n) is 3.08. The summed E-state index contributed by atoms with van der Waals surface area (Å²) in [7, 11) is 1.82. The van der Waals surface area contributed by atoms with Crippen molar-refractivity contribution in [1.29, 1.82) is 0 Å². The van der Waals surface area contributed by atoms with Crippen molar-refractivity contribution in [2.45, 2.75) is 26.8 Å². The number of hydrogen-bond acceptors (Lipinski definition) is 5. The molecule has 4 aromatic rings. The van der Waals surface area contributed by atoms with E-state index in [4.69, 9.17) is 0 Å². The Morgan fingerprint density at radius 3 is 2.56 bits per heavy atom. The van der Waals surface area contributed by atoms with E-state index in [2.05, 4.69) is 15.3 Å². The van der Waals surface area contributed by atoms with Crippen molar-refractivity contribution >= 4 is 22.4 Å². The summed E-state index contributed by atoms with van der Waals surface area (Å²) < 4.78 is 30.5. The molecule has 0 aliphatic rings. The van der Waals surface area contributed by atoms with Gasteiger partial charge in [0.25, 0.3) is 6.43 Å². The summed E-state index contributed by atoms with van der Waals surface area (Å²) in [6.07, 6.45) is -2.72. The molecule has 0 amide bonds. The zero-order valence-corrected chi connectivity index (χ0v) is 15.7. The van der Waals surface area contributed by atoms with Crippen molar-refractivity contribution in [2.24, 2.45) is 7.05 Å². The highest BCUT2D eigenvalue weighted by atomic mass is 32.1.